The molecule has 12 heavy (non-hydrogen) atoms. The van der Waals surface area contributed by atoms with Crippen LogP contribution in [-0.2, 0) is 0 Å². The van der Waals surface area contributed by atoms with Crippen LogP contribution in [0.4, 0.5) is 0 Å². The van der Waals surface area contributed by atoms with E-state index in [4.69, 9.17) is 0 Å². The minimum atomic E-state index is -0.486. The molecule has 0 fully saturated rings. The van der Waals surface area contributed by atoms with Crippen LogP contribution in [0.25, 0.3) is 5.82 Å². The van der Waals surface area contributed by atoms with Crippen molar-refractivity contribution in [3.63, 3.8) is 0 Å². The Hall–Kier alpha value is -1.91. The Morgan fingerprint density at radius 3 is 2.92 bits per heavy atom. The van der Waals surface area contributed by atoms with E-state index in [2.05, 4.69) is 14.8 Å². The van der Waals surface area contributed by atoms with E-state index in [-0.39, 0.29) is 0 Å². The minimum absolute atomic E-state index is 0.486. The predicted octanol–water partition coefficient (Wildman–Crippen LogP) is -0.580. The Labute approximate surface area is 67.9 Å². The second kappa shape index (κ2) is 2.61. The molecule has 5 heteroatoms. The second-order valence-corrected chi connectivity index (χ2v) is 2.15. The Morgan fingerprint density at radius 1 is 1.42 bits per heavy atom. The molecule has 2 heterocycles. The van der Waals surface area contributed by atoms with Gasteiger partial charge < -0.3 is 9.63 Å². The maximum Gasteiger partial charge on any atom is 0.348 e. The lowest BCUT2D eigenvalue weighted by molar-refractivity contribution is -0.673. The standard InChI is InChI=1S/C7H5N3O2/c11-7-5-10(9-12-7)6-3-1-2-4-8-6/h1-5H. The van der Waals surface area contributed by atoms with Gasteiger partial charge in [-0.05, 0) is 16.3 Å². The number of hydrogen-bond acceptors (Lipinski definition) is 4. The average molecular weight is 163 g/mol. The Kier molecular flexibility index (Phi) is 1.48. The molecule has 60 valence electrons. The molecule has 2 rings (SSSR count). The fraction of sp³-hybridized carbons (Fsp3) is 0. The maximum absolute atomic E-state index is 10.6. The van der Waals surface area contributed by atoms with E-state index in [1.807, 2.05) is 0 Å². The Bertz CT molecular complexity index is 371. The Balaban J connectivity index is 2.45. The number of nitrogens with zero attached hydrogens (tertiary/aromatic N) is 3. The normalized spacial score (nSPS) is 10.0. The minimum Gasteiger partial charge on any atom is -0.541 e. The highest BCUT2D eigenvalue weighted by Gasteiger charge is 2.06. The molecule has 2 aromatic heterocycles. The summed E-state index contributed by atoms with van der Waals surface area (Å²) in [6.07, 6.45) is 2.84. The molecular formula is C7H5N3O2. The van der Waals surface area contributed by atoms with Gasteiger partial charge in [0.05, 0.1) is 0 Å². The quantitative estimate of drug-likeness (QED) is 0.527. The van der Waals surface area contributed by atoms with Gasteiger partial charge >= 0.3 is 5.82 Å². The number of pyridine rings is 1. The maximum atomic E-state index is 10.6. The van der Waals surface area contributed by atoms with E-state index in [0.29, 0.717) is 5.82 Å². The van der Waals surface area contributed by atoms with Gasteiger partial charge in [-0.25, -0.2) is 0 Å². The number of rotatable bonds is 1. The molecule has 0 amide bonds. The van der Waals surface area contributed by atoms with Gasteiger partial charge in [0.2, 0.25) is 0 Å². The second-order valence-electron chi connectivity index (χ2n) is 2.15. The molecule has 0 aromatic carbocycles. The first-order valence-electron chi connectivity index (χ1n) is 3.33. The van der Waals surface area contributed by atoms with Crippen molar-refractivity contribution in [2.45, 2.75) is 0 Å². The van der Waals surface area contributed by atoms with Gasteiger partial charge in [0.15, 0.2) is 0 Å². The number of hydrogen-bond donors (Lipinski definition) is 0. The van der Waals surface area contributed by atoms with Gasteiger partial charge in [-0.1, -0.05) is 10.7 Å². The van der Waals surface area contributed by atoms with Crippen LogP contribution in [0.1, 0.15) is 0 Å². The molecule has 0 saturated heterocycles. The van der Waals surface area contributed by atoms with Gasteiger partial charge in [-0.3, -0.25) is 0 Å². The van der Waals surface area contributed by atoms with E-state index in [0.717, 1.165) is 0 Å². The summed E-state index contributed by atoms with van der Waals surface area (Å²) in [6, 6.07) is 5.30. The van der Waals surface area contributed by atoms with E-state index >= 15 is 0 Å². The molecular weight excluding hydrogens is 158 g/mol. The smallest absolute Gasteiger partial charge is 0.348 e. The van der Waals surface area contributed by atoms with Crippen LogP contribution in [0, 0.1) is 0 Å². The number of aromatic nitrogens is 3. The highest BCUT2D eigenvalue weighted by atomic mass is 16.6. The van der Waals surface area contributed by atoms with Crippen molar-refractivity contribution in [1.29, 1.82) is 0 Å². The van der Waals surface area contributed by atoms with Crippen molar-refractivity contribution in [3.05, 3.63) is 30.6 Å². The highest BCUT2D eigenvalue weighted by Crippen LogP contribution is 1.97. The summed E-state index contributed by atoms with van der Waals surface area (Å²) in [5, 5.41) is 14.0. The van der Waals surface area contributed by atoms with Gasteiger partial charge in [-0.15, -0.1) is 0 Å². The zero-order valence-corrected chi connectivity index (χ0v) is 6.04. The summed E-state index contributed by atoms with van der Waals surface area (Å²) in [5.74, 6) is 0.0732. The first-order chi connectivity index (χ1) is 5.86. The molecule has 2 aromatic rings. The van der Waals surface area contributed by atoms with Crippen LogP contribution in [0.3, 0.4) is 0 Å². The van der Waals surface area contributed by atoms with Crippen LogP contribution < -0.4 is 9.79 Å². The summed E-state index contributed by atoms with van der Waals surface area (Å²) in [5.41, 5.74) is 0. The van der Waals surface area contributed by atoms with Crippen LogP contribution in [0.2, 0.25) is 0 Å². The van der Waals surface area contributed by atoms with Crippen molar-refractivity contribution in [2.24, 2.45) is 0 Å². The van der Waals surface area contributed by atoms with E-state index in [9.17, 15) is 5.11 Å². The molecule has 0 radical (unpaired) electrons. The van der Waals surface area contributed by atoms with Crippen molar-refractivity contribution in [1.82, 2.24) is 10.3 Å². The molecule has 0 N–H and O–H groups in total. The zero-order chi connectivity index (χ0) is 8.39. The molecule has 0 aliphatic carbocycles. The third kappa shape index (κ3) is 1.12. The lowest BCUT2D eigenvalue weighted by Crippen LogP contribution is -2.32. The summed E-state index contributed by atoms with van der Waals surface area (Å²) < 4.78 is 5.62. The molecule has 0 unspecified atom stereocenters. The summed E-state index contributed by atoms with van der Waals surface area (Å²) in [4.78, 5) is 3.96. The topological polar surface area (TPSA) is 65.9 Å². The van der Waals surface area contributed by atoms with Crippen LogP contribution >= 0.6 is 0 Å². The van der Waals surface area contributed by atoms with Crippen molar-refractivity contribution in [2.75, 3.05) is 0 Å². The summed E-state index contributed by atoms with van der Waals surface area (Å²) in [7, 11) is 0. The van der Waals surface area contributed by atoms with Crippen molar-refractivity contribution < 1.29 is 14.3 Å². The monoisotopic (exact) mass is 163 g/mol. The van der Waals surface area contributed by atoms with Gasteiger partial charge in [0.25, 0.3) is 0 Å². The fourth-order valence-corrected chi connectivity index (χ4v) is 0.828. The zero-order valence-electron chi connectivity index (χ0n) is 6.04. The third-order valence-corrected chi connectivity index (χ3v) is 1.33. The van der Waals surface area contributed by atoms with Crippen LogP contribution in [0.15, 0.2) is 35.1 Å². The average Bonchev–Trinajstić information content (AvgIpc) is 2.54. The molecule has 0 spiro atoms. The van der Waals surface area contributed by atoms with Gasteiger partial charge in [0.1, 0.15) is 18.3 Å². The fourth-order valence-electron chi connectivity index (χ4n) is 0.828. The predicted molar refractivity (Wildman–Crippen MR) is 35.3 cm³/mol. The largest absolute Gasteiger partial charge is 0.541 e. The molecule has 0 saturated carbocycles. The van der Waals surface area contributed by atoms with Crippen molar-refractivity contribution >= 4 is 0 Å². The van der Waals surface area contributed by atoms with E-state index in [1.165, 1.54) is 10.9 Å². The molecule has 0 bridgehead atoms. The molecule has 0 aliphatic rings. The highest BCUT2D eigenvalue weighted by molar-refractivity contribution is 5.08. The first kappa shape index (κ1) is 6.78. The molecule has 0 atom stereocenters. The van der Waals surface area contributed by atoms with Gasteiger partial charge in [-0.2, -0.15) is 0 Å². The molecule has 0 aliphatic heterocycles. The molecule has 5 nitrogen and oxygen atoms in total. The van der Waals surface area contributed by atoms with E-state index < -0.39 is 5.95 Å². The third-order valence-electron chi connectivity index (χ3n) is 1.33. The lowest BCUT2D eigenvalue weighted by atomic mass is 10.5. The first-order valence-corrected chi connectivity index (χ1v) is 3.33. The van der Waals surface area contributed by atoms with Crippen LogP contribution in [0.5, 0.6) is 5.95 Å². The van der Waals surface area contributed by atoms with E-state index in [1.54, 1.807) is 24.4 Å². The van der Waals surface area contributed by atoms with Gasteiger partial charge in [0, 0.05) is 6.07 Å². The summed E-state index contributed by atoms with van der Waals surface area (Å²) in [6.45, 7) is 0. The Morgan fingerprint density at radius 2 is 2.33 bits per heavy atom. The summed E-state index contributed by atoms with van der Waals surface area (Å²) >= 11 is 0. The van der Waals surface area contributed by atoms with Crippen molar-refractivity contribution in [3.8, 4) is 11.8 Å². The van der Waals surface area contributed by atoms with Crippen LogP contribution in [-0.4, -0.2) is 10.3 Å². The SMILES string of the molecule is [O-]c1c[n+](-c2ccccn2)no1. The lowest BCUT2D eigenvalue weighted by Gasteiger charge is -1.83.